The van der Waals surface area contributed by atoms with E-state index < -0.39 is 0 Å². The van der Waals surface area contributed by atoms with Gasteiger partial charge in [0.1, 0.15) is 0 Å². The van der Waals surface area contributed by atoms with Gasteiger partial charge in [-0.05, 0) is 32.0 Å². The van der Waals surface area contributed by atoms with Crippen LogP contribution in [0.2, 0.25) is 0 Å². The van der Waals surface area contributed by atoms with Gasteiger partial charge in [-0.2, -0.15) is 0 Å². The number of H-pyrrole nitrogens is 1. The van der Waals surface area contributed by atoms with E-state index in [2.05, 4.69) is 34.3 Å². The van der Waals surface area contributed by atoms with Gasteiger partial charge in [-0.1, -0.05) is 43.3 Å². The molecule has 3 N–H and O–H groups in total. The summed E-state index contributed by atoms with van der Waals surface area (Å²) in [5.41, 5.74) is 8.45. The first-order valence-corrected chi connectivity index (χ1v) is 7.77. The summed E-state index contributed by atoms with van der Waals surface area (Å²) in [6.45, 7) is 2.17. The number of nitrogens with one attached hydrogen (secondary N) is 1. The van der Waals surface area contributed by atoms with Gasteiger partial charge < -0.3 is 10.7 Å². The van der Waals surface area contributed by atoms with Crippen molar-refractivity contribution in [3.63, 3.8) is 0 Å². The average Bonchev–Trinajstić information content (AvgIpc) is 2.68. The maximum atomic E-state index is 6.08. The molecule has 3 rings (SSSR count). The lowest BCUT2D eigenvalue weighted by molar-refractivity contribution is 0.256. The van der Waals surface area contributed by atoms with Crippen molar-refractivity contribution in [2.75, 3.05) is 13.1 Å². The normalized spacial score (nSPS) is 18.8. The highest BCUT2D eigenvalue weighted by Crippen LogP contribution is 2.30. The molecule has 0 aliphatic carbocycles. The first kappa shape index (κ1) is 13.6. The van der Waals surface area contributed by atoms with Crippen molar-refractivity contribution in [1.29, 1.82) is 0 Å². The van der Waals surface area contributed by atoms with Gasteiger partial charge in [-0.3, -0.25) is 4.90 Å². The highest BCUT2D eigenvalue weighted by Gasteiger charge is 2.26. The summed E-state index contributed by atoms with van der Waals surface area (Å²) in [6, 6.07) is 8.41. The summed E-state index contributed by atoms with van der Waals surface area (Å²) >= 11 is 5.38. The fourth-order valence-corrected chi connectivity index (χ4v) is 3.48. The molecule has 1 saturated heterocycles. The lowest BCUT2D eigenvalue weighted by Crippen LogP contribution is -2.37. The topological polar surface area (TPSA) is 45.1 Å². The molecule has 106 valence electrons. The first-order valence-electron chi connectivity index (χ1n) is 7.37. The Kier molecular flexibility index (Phi) is 4.03. The standard InChI is InChI=1S/C16H21N3S/c17-16(20)15(19-9-5-1-2-6-10-19)13-11-18-14-8-4-3-7-12(13)14/h3-4,7-8,11,15,18H,1-2,5-6,9-10H2,(H2,17,20). The van der Waals surface area contributed by atoms with Crippen LogP contribution in [0.5, 0.6) is 0 Å². The van der Waals surface area contributed by atoms with E-state index in [4.69, 9.17) is 18.0 Å². The molecule has 0 spiro atoms. The smallest absolute Gasteiger partial charge is 0.0949 e. The van der Waals surface area contributed by atoms with Gasteiger partial charge in [0.15, 0.2) is 0 Å². The number of hydrogen-bond donors (Lipinski definition) is 2. The molecular formula is C16H21N3S. The highest BCUT2D eigenvalue weighted by molar-refractivity contribution is 7.80. The maximum Gasteiger partial charge on any atom is 0.0949 e. The van der Waals surface area contributed by atoms with E-state index in [0.717, 1.165) is 18.6 Å². The van der Waals surface area contributed by atoms with Gasteiger partial charge in [-0.15, -0.1) is 0 Å². The van der Waals surface area contributed by atoms with Crippen LogP contribution >= 0.6 is 12.2 Å². The summed E-state index contributed by atoms with van der Waals surface area (Å²) in [4.78, 5) is 6.37. The Balaban J connectivity index is 1.99. The van der Waals surface area contributed by atoms with Crippen LogP contribution in [0, 0.1) is 0 Å². The molecule has 1 aliphatic rings. The fourth-order valence-electron chi connectivity index (χ4n) is 3.20. The number of nitrogens with two attached hydrogens (primary N) is 1. The van der Waals surface area contributed by atoms with Crippen LogP contribution < -0.4 is 5.73 Å². The Labute approximate surface area is 125 Å². The Hall–Kier alpha value is -1.39. The van der Waals surface area contributed by atoms with E-state index in [9.17, 15) is 0 Å². The van der Waals surface area contributed by atoms with Gasteiger partial charge in [0, 0.05) is 22.7 Å². The predicted molar refractivity (Wildman–Crippen MR) is 87.9 cm³/mol. The molecule has 1 fully saturated rings. The van der Waals surface area contributed by atoms with Crippen LogP contribution in [0.3, 0.4) is 0 Å². The quantitative estimate of drug-likeness (QED) is 0.851. The first-order chi connectivity index (χ1) is 9.77. The molecule has 0 radical (unpaired) electrons. The number of fused-ring (bicyclic) bond motifs is 1. The molecular weight excluding hydrogens is 266 g/mol. The maximum absolute atomic E-state index is 6.08. The zero-order valence-electron chi connectivity index (χ0n) is 11.6. The van der Waals surface area contributed by atoms with Crippen LogP contribution in [-0.2, 0) is 0 Å². The third-order valence-corrected chi connectivity index (χ3v) is 4.41. The van der Waals surface area contributed by atoms with Gasteiger partial charge in [0.2, 0.25) is 0 Å². The van der Waals surface area contributed by atoms with Gasteiger partial charge in [0.25, 0.3) is 0 Å². The predicted octanol–water partition coefficient (Wildman–Crippen LogP) is 3.37. The molecule has 1 unspecified atom stereocenters. The number of aromatic nitrogens is 1. The lowest BCUT2D eigenvalue weighted by Gasteiger charge is -2.29. The molecule has 1 aromatic carbocycles. The van der Waals surface area contributed by atoms with Crippen molar-refractivity contribution >= 4 is 28.1 Å². The third kappa shape index (κ3) is 2.58. The van der Waals surface area contributed by atoms with Crippen molar-refractivity contribution < 1.29 is 0 Å². The molecule has 4 heteroatoms. The molecule has 0 amide bonds. The Bertz CT molecular complexity index is 597. The number of rotatable bonds is 3. The number of aromatic amines is 1. The van der Waals surface area contributed by atoms with E-state index in [1.54, 1.807) is 0 Å². The van der Waals surface area contributed by atoms with E-state index in [-0.39, 0.29) is 6.04 Å². The zero-order chi connectivity index (χ0) is 13.9. The van der Waals surface area contributed by atoms with Crippen molar-refractivity contribution in [3.05, 3.63) is 36.0 Å². The highest BCUT2D eigenvalue weighted by atomic mass is 32.1. The van der Waals surface area contributed by atoms with Crippen LogP contribution in [0.25, 0.3) is 10.9 Å². The van der Waals surface area contributed by atoms with E-state index in [1.807, 2.05) is 6.07 Å². The number of para-hydroxylation sites is 1. The van der Waals surface area contributed by atoms with Crippen LogP contribution in [-0.4, -0.2) is 28.0 Å². The summed E-state index contributed by atoms with van der Waals surface area (Å²) in [5, 5.41) is 1.23. The Morgan fingerprint density at radius 2 is 1.85 bits per heavy atom. The number of thiocarbonyl (C=S) groups is 1. The SMILES string of the molecule is NC(=S)C(c1c[nH]c2ccccc12)N1CCCCCC1. The molecule has 0 bridgehead atoms. The van der Waals surface area contributed by atoms with Crippen molar-refractivity contribution in [1.82, 2.24) is 9.88 Å². The number of likely N-dealkylation sites (tertiary alicyclic amines) is 1. The summed E-state index contributed by atoms with van der Waals surface area (Å²) in [7, 11) is 0. The second-order valence-electron chi connectivity index (χ2n) is 5.54. The number of hydrogen-bond acceptors (Lipinski definition) is 2. The van der Waals surface area contributed by atoms with Crippen molar-refractivity contribution in [2.45, 2.75) is 31.7 Å². The monoisotopic (exact) mass is 287 g/mol. The molecule has 1 aromatic heterocycles. The molecule has 2 heterocycles. The van der Waals surface area contributed by atoms with Crippen molar-refractivity contribution in [3.8, 4) is 0 Å². The summed E-state index contributed by atoms with van der Waals surface area (Å²) < 4.78 is 0. The minimum absolute atomic E-state index is 0.0549. The number of benzene rings is 1. The van der Waals surface area contributed by atoms with E-state index in [1.165, 1.54) is 36.6 Å². The van der Waals surface area contributed by atoms with Crippen LogP contribution in [0.15, 0.2) is 30.5 Å². The zero-order valence-corrected chi connectivity index (χ0v) is 12.5. The molecule has 2 aromatic rings. The molecule has 1 atom stereocenters. The molecule has 20 heavy (non-hydrogen) atoms. The van der Waals surface area contributed by atoms with E-state index in [0.29, 0.717) is 4.99 Å². The van der Waals surface area contributed by atoms with Crippen LogP contribution in [0.4, 0.5) is 0 Å². The number of nitrogens with zero attached hydrogens (tertiary/aromatic N) is 1. The lowest BCUT2D eigenvalue weighted by atomic mass is 10.0. The Morgan fingerprint density at radius 3 is 2.55 bits per heavy atom. The van der Waals surface area contributed by atoms with E-state index >= 15 is 0 Å². The molecule has 0 saturated carbocycles. The average molecular weight is 287 g/mol. The Morgan fingerprint density at radius 1 is 1.15 bits per heavy atom. The van der Waals surface area contributed by atoms with Crippen molar-refractivity contribution in [2.24, 2.45) is 5.73 Å². The van der Waals surface area contributed by atoms with Gasteiger partial charge in [-0.25, -0.2) is 0 Å². The summed E-state index contributed by atoms with van der Waals surface area (Å²) in [6.07, 6.45) is 7.17. The largest absolute Gasteiger partial charge is 0.392 e. The summed E-state index contributed by atoms with van der Waals surface area (Å²) in [5.74, 6) is 0. The van der Waals surface area contributed by atoms with Gasteiger partial charge >= 0.3 is 0 Å². The van der Waals surface area contributed by atoms with Crippen LogP contribution in [0.1, 0.15) is 37.3 Å². The second-order valence-corrected chi connectivity index (χ2v) is 6.02. The van der Waals surface area contributed by atoms with Gasteiger partial charge in [0.05, 0.1) is 11.0 Å². The fraction of sp³-hybridized carbons (Fsp3) is 0.438. The minimum Gasteiger partial charge on any atom is -0.392 e. The minimum atomic E-state index is 0.0549. The molecule has 1 aliphatic heterocycles. The third-order valence-electron chi connectivity index (χ3n) is 4.19. The molecule has 3 nitrogen and oxygen atoms in total. The second kappa shape index (κ2) is 5.94.